The molecule has 1 saturated heterocycles. The van der Waals surface area contributed by atoms with E-state index in [2.05, 4.69) is 18.7 Å². The zero-order valence-corrected chi connectivity index (χ0v) is 10.0. The average Bonchev–Trinajstić information content (AvgIpc) is 2.16. The van der Waals surface area contributed by atoms with Crippen molar-refractivity contribution in [1.82, 2.24) is 4.90 Å². The van der Waals surface area contributed by atoms with E-state index in [0.717, 1.165) is 19.7 Å². The Hall–Kier alpha value is -0.120. The van der Waals surface area contributed by atoms with Crippen molar-refractivity contribution < 1.29 is 4.74 Å². The molecule has 2 fully saturated rings. The number of morpholine rings is 1. The Labute approximate surface area is 93.0 Å². The lowest BCUT2D eigenvalue weighted by Crippen LogP contribution is -2.60. The van der Waals surface area contributed by atoms with Gasteiger partial charge in [-0.3, -0.25) is 4.90 Å². The monoisotopic (exact) mass is 212 g/mol. The lowest BCUT2D eigenvalue weighted by Gasteiger charge is -2.47. The third-order valence-electron chi connectivity index (χ3n) is 3.92. The highest BCUT2D eigenvalue weighted by atomic mass is 16.5. The SMILES string of the molecule is CCC1COC(C)CN1CC1(N)CCC1. The van der Waals surface area contributed by atoms with Gasteiger partial charge in [-0.05, 0) is 32.6 Å². The molecule has 0 aromatic heterocycles. The van der Waals surface area contributed by atoms with Crippen molar-refractivity contribution in [2.75, 3.05) is 19.7 Å². The molecule has 2 unspecified atom stereocenters. The molecule has 15 heavy (non-hydrogen) atoms. The van der Waals surface area contributed by atoms with Crippen LogP contribution in [0.3, 0.4) is 0 Å². The molecule has 0 amide bonds. The molecule has 88 valence electrons. The van der Waals surface area contributed by atoms with E-state index in [1.165, 1.54) is 25.7 Å². The summed E-state index contributed by atoms with van der Waals surface area (Å²) in [5.41, 5.74) is 6.43. The van der Waals surface area contributed by atoms with Crippen LogP contribution in [0.5, 0.6) is 0 Å². The van der Waals surface area contributed by atoms with Crippen LogP contribution in [-0.4, -0.2) is 42.3 Å². The number of nitrogens with two attached hydrogens (primary N) is 1. The normalized spacial score (nSPS) is 36.2. The molecule has 0 spiro atoms. The summed E-state index contributed by atoms with van der Waals surface area (Å²) in [5, 5.41) is 0. The summed E-state index contributed by atoms with van der Waals surface area (Å²) >= 11 is 0. The van der Waals surface area contributed by atoms with Gasteiger partial charge in [0, 0.05) is 24.7 Å². The first kappa shape index (κ1) is 11.4. The van der Waals surface area contributed by atoms with Crippen LogP contribution >= 0.6 is 0 Å². The summed E-state index contributed by atoms with van der Waals surface area (Å²) in [4.78, 5) is 2.55. The largest absolute Gasteiger partial charge is 0.376 e. The molecular weight excluding hydrogens is 188 g/mol. The van der Waals surface area contributed by atoms with E-state index >= 15 is 0 Å². The zero-order chi connectivity index (χ0) is 10.9. The maximum Gasteiger partial charge on any atom is 0.0674 e. The van der Waals surface area contributed by atoms with Crippen molar-refractivity contribution >= 4 is 0 Å². The van der Waals surface area contributed by atoms with Gasteiger partial charge in [-0.1, -0.05) is 6.92 Å². The Morgan fingerprint density at radius 1 is 1.47 bits per heavy atom. The van der Waals surface area contributed by atoms with Gasteiger partial charge in [0.15, 0.2) is 0 Å². The van der Waals surface area contributed by atoms with Crippen molar-refractivity contribution in [2.45, 2.75) is 57.2 Å². The predicted octanol–water partition coefficient (Wildman–Crippen LogP) is 1.37. The van der Waals surface area contributed by atoms with E-state index in [9.17, 15) is 0 Å². The first-order chi connectivity index (χ1) is 7.13. The van der Waals surface area contributed by atoms with Gasteiger partial charge in [0.25, 0.3) is 0 Å². The standard InChI is InChI=1S/C12H24N2O/c1-3-11-8-15-10(2)7-14(11)9-12(13)5-4-6-12/h10-11H,3-9,13H2,1-2H3. The van der Waals surface area contributed by atoms with Crippen LogP contribution in [0.2, 0.25) is 0 Å². The predicted molar refractivity (Wildman–Crippen MR) is 61.8 cm³/mol. The molecule has 1 saturated carbocycles. The second-order valence-corrected chi connectivity index (χ2v) is 5.35. The van der Waals surface area contributed by atoms with Crippen molar-refractivity contribution in [3.63, 3.8) is 0 Å². The smallest absolute Gasteiger partial charge is 0.0674 e. The molecule has 2 aliphatic rings. The summed E-state index contributed by atoms with van der Waals surface area (Å²) in [6.45, 7) is 7.40. The van der Waals surface area contributed by atoms with Crippen LogP contribution in [0.25, 0.3) is 0 Å². The lowest BCUT2D eigenvalue weighted by atomic mass is 9.77. The van der Waals surface area contributed by atoms with Crippen LogP contribution in [0.4, 0.5) is 0 Å². The molecule has 2 N–H and O–H groups in total. The molecule has 1 aliphatic carbocycles. The molecule has 1 heterocycles. The van der Waals surface area contributed by atoms with Crippen molar-refractivity contribution in [1.29, 1.82) is 0 Å². The van der Waals surface area contributed by atoms with Crippen LogP contribution in [-0.2, 0) is 4.74 Å². The molecule has 2 atom stereocenters. The fraction of sp³-hybridized carbons (Fsp3) is 1.00. The molecule has 3 nitrogen and oxygen atoms in total. The molecule has 2 rings (SSSR count). The van der Waals surface area contributed by atoms with E-state index in [1.807, 2.05) is 0 Å². The lowest BCUT2D eigenvalue weighted by molar-refractivity contribution is -0.0670. The van der Waals surface area contributed by atoms with Gasteiger partial charge in [0.2, 0.25) is 0 Å². The Bertz CT molecular complexity index is 216. The molecular formula is C12H24N2O. The van der Waals surface area contributed by atoms with Gasteiger partial charge < -0.3 is 10.5 Å². The quantitative estimate of drug-likeness (QED) is 0.768. The second-order valence-electron chi connectivity index (χ2n) is 5.35. The fourth-order valence-corrected chi connectivity index (χ4v) is 2.68. The zero-order valence-electron chi connectivity index (χ0n) is 10.0. The van der Waals surface area contributed by atoms with E-state index in [0.29, 0.717) is 12.1 Å². The van der Waals surface area contributed by atoms with Crippen molar-refractivity contribution in [2.24, 2.45) is 5.73 Å². The second kappa shape index (κ2) is 4.40. The summed E-state index contributed by atoms with van der Waals surface area (Å²) in [7, 11) is 0. The highest BCUT2D eigenvalue weighted by Crippen LogP contribution is 2.31. The Kier molecular flexibility index (Phi) is 3.33. The van der Waals surface area contributed by atoms with Gasteiger partial charge in [-0.25, -0.2) is 0 Å². The molecule has 3 heteroatoms. The Morgan fingerprint density at radius 2 is 2.20 bits per heavy atom. The number of nitrogens with zero attached hydrogens (tertiary/aromatic N) is 1. The maximum absolute atomic E-state index is 6.31. The fourth-order valence-electron chi connectivity index (χ4n) is 2.68. The Balaban J connectivity index is 1.91. The first-order valence-corrected chi connectivity index (χ1v) is 6.27. The van der Waals surface area contributed by atoms with Gasteiger partial charge in [-0.2, -0.15) is 0 Å². The van der Waals surface area contributed by atoms with Gasteiger partial charge in [0.05, 0.1) is 12.7 Å². The third kappa shape index (κ3) is 2.52. The van der Waals surface area contributed by atoms with E-state index < -0.39 is 0 Å². The summed E-state index contributed by atoms with van der Waals surface area (Å²) in [5.74, 6) is 0. The van der Waals surface area contributed by atoms with Crippen LogP contribution in [0.1, 0.15) is 39.5 Å². The van der Waals surface area contributed by atoms with Crippen LogP contribution in [0, 0.1) is 0 Å². The summed E-state index contributed by atoms with van der Waals surface area (Å²) in [6.07, 6.45) is 5.26. The number of ether oxygens (including phenoxy) is 1. The highest BCUT2D eigenvalue weighted by Gasteiger charge is 2.37. The Morgan fingerprint density at radius 3 is 2.73 bits per heavy atom. The van der Waals surface area contributed by atoms with Gasteiger partial charge >= 0.3 is 0 Å². The molecule has 0 radical (unpaired) electrons. The first-order valence-electron chi connectivity index (χ1n) is 6.27. The van der Waals surface area contributed by atoms with Crippen LogP contribution in [0.15, 0.2) is 0 Å². The van der Waals surface area contributed by atoms with Gasteiger partial charge in [-0.15, -0.1) is 0 Å². The topological polar surface area (TPSA) is 38.5 Å². The number of hydrogen-bond acceptors (Lipinski definition) is 3. The molecule has 0 bridgehead atoms. The van der Waals surface area contributed by atoms with Crippen LogP contribution < -0.4 is 5.73 Å². The number of rotatable bonds is 3. The van der Waals surface area contributed by atoms with Crippen molar-refractivity contribution in [3.8, 4) is 0 Å². The third-order valence-corrected chi connectivity index (χ3v) is 3.92. The highest BCUT2D eigenvalue weighted by molar-refractivity contribution is 4.97. The summed E-state index contributed by atoms with van der Waals surface area (Å²) < 4.78 is 5.70. The van der Waals surface area contributed by atoms with E-state index in [4.69, 9.17) is 10.5 Å². The average molecular weight is 212 g/mol. The minimum absolute atomic E-state index is 0.116. The van der Waals surface area contributed by atoms with E-state index in [1.54, 1.807) is 0 Å². The minimum Gasteiger partial charge on any atom is -0.376 e. The molecule has 0 aromatic rings. The molecule has 1 aliphatic heterocycles. The summed E-state index contributed by atoms with van der Waals surface area (Å²) in [6, 6.07) is 0.585. The van der Waals surface area contributed by atoms with Gasteiger partial charge in [0.1, 0.15) is 0 Å². The molecule has 0 aromatic carbocycles. The van der Waals surface area contributed by atoms with E-state index in [-0.39, 0.29) is 5.54 Å². The minimum atomic E-state index is 0.116. The van der Waals surface area contributed by atoms with Crippen molar-refractivity contribution in [3.05, 3.63) is 0 Å². The maximum atomic E-state index is 6.31. The number of hydrogen-bond donors (Lipinski definition) is 1.